The van der Waals surface area contributed by atoms with E-state index >= 15 is 0 Å². The van der Waals surface area contributed by atoms with Crippen LogP contribution in [0, 0.1) is 11.3 Å². The van der Waals surface area contributed by atoms with Gasteiger partial charge in [0.2, 0.25) is 0 Å². The lowest BCUT2D eigenvalue weighted by Gasteiger charge is -2.54. The third-order valence-corrected chi connectivity index (χ3v) is 4.52. The van der Waals surface area contributed by atoms with Gasteiger partial charge in [0.25, 0.3) is 0 Å². The SMILES string of the molecule is CC(C)(c1ccccc1)N(c1ccccc1)C1(C#N)CNC1. The number of nitrogens with zero attached hydrogens (tertiary/aromatic N) is 2. The molecule has 112 valence electrons. The highest BCUT2D eigenvalue weighted by atomic mass is 15.3. The van der Waals surface area contributed by atoms with Gasteiger partial charge >= 0.3 is 0 Å². The zero-order valence-corrected chi connectivity index (χ0v) is 13.1. The highest BCUT2D eigenvalue weighted by Gasteiger charge is 2.49. The van der Waals surface area contributed by atoms with Crippen molar-refractivity contribution >= 4 is 5.69 Å². The van der Waals surface area contributed by atoms with Gasteiger partial charge in [-0.25, -0.2) is 0 Å². The molecule has 0 saturated carbocycles. The number of hydrogen-bond acceptors (Lipinski definition) is 3. The van der Waals surface area contributed by atoms with E-state index in [9.17, 15) is 5.26 Å². The molecule has 2 aromatic rings. The van der Waals surface area contributed by atoms with Gasteiger partial charge in [0, 0.05) is 18.8 Å². The third kappa shape index (κ3) is 2.26. The van der Waals surface area contributed by atoms with Crippen LogP contribution in [-0.2, 0) is 5.54 Å². The summed E-state index contributed by atoms with van der Waals surface area (Å²) < 4.78 is 0. The Morgan fingerprint density at radius 2 is 1.55 bits per heavy atom. The third-order valence-electron chi connectivity index (χ3n) is 4.52. The number of rotatable bonds is 4. The van der Waals surface area contributed by atoms with Crippen molar-refractivity contribution in [2.45, 2.75) is 24.9 Å². The van der Waals surface area contributed by atoms with Crippen LogP contribution in [0.5, 0.6) is 0 Å². The number of hydrogen-bond donors (Lipinski definition) is 1. The largest absolute Gasteiger partial charge is 0.342 e. The van der Waals surface area contributed by atoms with Crippen LogP contribution >= 0.6 is 0 Å². The molecule has 1 aliphatic rings. The fourth-order valence-electron chi connectivity index (χ4n) is 3.31. The van der Waals surface area contributed by atoms with E-state index in [1.165, 1.54) is 5.56 Å². The van der Waals surface area contributed by atoms with E-state index in [4.69, 9.17) is 0 Å². The Morgan fingerprint density at radius 3 is 2.00 bits per heavy atom. The normalized spacial score (nSPS) is 16.4. The summed E-state index contributed by atoms with van der Waals surface area (Å²) in [5, 5.41) is 13.1. The van der Waals surface area contributed by atoms with Gasteiger partial charge in [-0.2, -0.15) is 5.26 Å². The standard InChI is InChI=1S/C19H21N3/c1-18(2,16-9-5-3-6-10-16)22(17-11-7-4-8-12-17)19(13-20)14-21-15-19/h3-12,21H,14-15H2,1-2H3. The van der Waals surface area contributed by atoms with Crippen molar-refractivity contribution in [1.82, 2.24) is 5.32 Å². The van der Waals surface area contributed by atoms with E-state index in [0.717, 1.165) is 5.69 Å². The van der Waals surface area contributed by atoms with Gasteiger partial charge in [0.05, 0.1) is 11.6 Å². The summed E-state index contributed by atoms with van der Waals surface area (Å²) in [5.74, 6) is 0. The quantitative estimate of drug-likeness (QED) is 0.939. The first-order chi connectivity index (χ1) is 10.6. The fraction of sp³-hybridized carbons (Fsp3) is 0.316. The average Bonchev–Trinajstić information content (AvgIpc) is 2.52. The first-order valence-electron chi connectivity index (χ1n) is 7.63. The molecular weight excluding hydrogens is 270 g/mol. The number of nitrogens with one attached hydrogen (secondary N) is 1. The molecule has 1 aliphatic heterocycles. The summed E-state index contributed by atoms with van der Waals surface area (Å²) in [6.45, 7) is 5.75. The highest BCUT2D eigenvalue weighted by Crippen LogP contribution is 2.39. The van der Waals surface area contributed by atoms with Crippen LogP contribution in [0.4, 0.5) is 5.69 Å². The smallest absolute Gasteiger partial charge is 0.153 e. The number of para-hydroxylation sites is 1. The van der Waals surface area contributed by atoms with Gasteiger partial charge in [-0.3, -0.25) is 0 Å². The van der Waals surface area contributed by atoms with Gasteiger partial charge in [0.1, 0.15) is 0 Å². The fourth-order valence-corrected chi connectivity index (χ4v) is 3.31. The summed E-state index contributed by atoms with van der Waals surface area (Å²) in [6.07, 6.45) is 0. The van der Waals surface area contributed by atoms with Crippen molar-refractivity contribution in [1.29, 1.82) is 5.26 Å². The van der Waals surface area contributed by atoms with E-state index in [1.807, 2.05) is 24.3 Å². The molecule has 3 nitrogen and oxygen atoms in total. The van der Waals surface area contributed by atoms with Gasteiger partial charge < -0.3 is 10.2 Å². The minimum absolute atomic E-state index is 0.277. The lowest BCUT2D eigenvalue weighted by Crippen LogP contribution is -2.72. The summed E-state index contributed by atoms with van der Waals surface area (Å²) in [7, 11) is 0. The van der Waals surface area contributed by atoms with Crippen molar-refractivity contribution in [2.75, 3.05) is 18.0 Å². The second kappa shape index (κ2) is 5.47. The maximum Gasteiger partial charge on any atom is 0.153 e. The second-order valence-corrected chi connectivity index (χ2v) is 6.34. The van der Waals surface area contributed by atoms with Crippen LogP contribution in [0.1, 0.15) is 19.4 Å². The van der Waals surface area contributed by atoms with Crippen molar-refractivity contribution < 1.29 is 0 Å². The summed E-state index contributed by atoms with van der Waals surface area (Å²) in [4.78, 5) is 2.27. The second-order valence-electron chi connectivity index (χ2n) is 6.34. The molecule has 0 atom stereocenters. The molecule has 1 N–H and O–H groups in total. The zero-order valence-electron chi connectivity index (χ0n) is 13.1. The summed E-state index contributed by atoms with van der Waals surface area (Å²) in [6, 6.07) is 23.2. The van der Waals surface area contributed by atoms with Crippen molar-refractivity contribution in [2.24, 2.45) is 0 Å². The molecule has 0 bridgehead atoms. The summed E-state index contributed by atoms with van der Waals surface area (Å²) in [5.41, 5.74) is 1.51. The van der Waals surface area contributed by atoms with Crippen LogP contribution in [0.15, 0.2) is 60.7 Å². The minimum Gasteiger partial charge on any atom is -0.342 e. The Balaban J connectivity index is 2.12. The highest BCUT2D eigenvalue weighted by molar-refractivity contribution is 5.57. The summed E-state index contributed by atoms with van der Waals surface area (Å²) >= 11 is 0. The molecule has 1 saturated heterocycles. The predicted molar refractivity (Wildman–Crippen MR) is 89.6 cm³/mol. The van der Waals surface area contributed by atoms with Crippen LogP contribution in [0.2, 0.25) is 0 Å². The topological polar surface area (TPSA) is 39.1 Å². The molecule has 3 rings (SSSR count). The zero-order chi connectivity index (χ0) is 15.6. The first kappa shape index (κ1) is 14.6. The minimum atomic E-state index is -0.499. The molecule has 1 heterocycles. The van der Waals surface area contributed by atoms with E-state index in [1.54, 1.807) is 0 Å². The van der Waals surface area contributed by atoms with Crippen LogP contribution in [0.3, 0.4) is 0 Å². The molecule has 2 aromatic carbocycles. The Bertz CT molecular complexity index is 667. The number of anilines is 1. The molecule has 0 aromatic heterocycles. The molecule has 0 radical (unpaired) electrons. The van der Waals surface area contributed by atoms with Gasteiger partial charge in [-0.05, 0) is 31.5 Å². The Labute approximate surface area is 132 Å². The molecule has 0 amide bonds. The van der Waals surface area contributed by atoms with Crippen LogP contribution in [0.25, 0.3) is 0 Å². The Hall–Kier alpha value is -2.31. The Kier molecular flexibility index (Phi) is 3.64. The first-order valence-corrected chi connectivity index (χ1v) is 7.63. The van der Waals surface area contributed by atoms with Crippen LogP contribution in [-0.4, -0.2) is 18.6 Å². The van der Waals surface area contributed by atoms with Gasteiger partial charge in [0.15, 0.2) is 5.54 Å². The lowest BCUT2D eigenvalue weighted by molar-refractivity contribution is 0.271. The Morgan fingerprint density at radius 1 is 1.00 bits per heavy atom. The molecule has 0 aliphatic carbocycles. The van der Waals surface area contributed by atoms with Crippen molar-refractivity contribution in [3.05, 3.63) is 66.2 Å². The maximum absolute atomic E-state index is 9.85. The molecule has 1 fully saturated rings. The maximum atomic E-state index is 9.85. The van der Waals surface area contributed by atoms with E-state index in [2.05, 4.69) is 66.5 Å². The van der Waals surface area contributed by atoms with E-state index < -0.39 is 5.54 Å². The number of nitriles is 1. The molecular formula is C19H21N3. The molecule has 22 heavy (non-hydrogen) atoms. The lowest BCUT2D eigenvalue weighted by atomic mass is 9.82. The number of benzene rings is 2. The monoisotopic (exact) mass is 291 g/mol. The average molecular weight is 291 g/mol. The molecule has 0 unspecified atom stereocenters. The van der Waals surface area contributed by atoms with Gasteiger partial charge in [-0.15, -0.1) is 0 Å². The van der Waals surface area contributed by atoms with E-state index in [-0.39, 0.29) is 5.54 Å². The van der Waals surface area contributed by atoms with Gasteiger partial charge in [-0.1, -0.05) is 48.5 Å². The van der Waals surface area contributed by atoms with Crippen molar-refractivity contribution in [3.63, 3.8) is 0 Å². The van der Waals surface area contributed by atoms with E-state index in [0.29, 0.717) is 13.1 Å². The van der Waals surface area contributed by atoms with Crippen LogP contribution < -0.4 is 10.2 Å². The predicted octanol–water partition coefficient (Wildman–Crippen LogP) is 3.29. The molecule has 3 heteroatoms. The molecule has 0 spiro atoms. The van der Waals surface area contributed by atoms with Crippen molar-refractivity contribution in [3.8, 4) is 6.07 Å².